The van der Waals surface area contributed by atoms with E-state index < -0.39 is 17.6 Å². The zero-order valence-corrected chi connectivity index (χ0v) is 7.15. The van der Waals surface area contributed by atoms with Crippen molar-refractivity contribution in [1.29, 1.82) is 5.26 Å². The van der Waals surface area contributed by atoms with Crippen LogP contribution in [0.25, 0.3) is 0 Å². The summed E-state index contributed by atoms with van der Waals surface area (Å²) in [6.45, 7) is 0. The zero-order chi connectivity index (χ0) is 10.6. The van der Waals surface area contributed by atoms with E-state index in [0.717, 1.165) is 12.8 Å². The number of urea groups is 1. The summed E-state index contributed by atoms with van der Waals surface area (Å²) in [7, 11) is 0. The van der Waals surface area contributed by atoms with Crippen LogP contribution >= 0.6 is 0 Å². The fourth-order valence-corrected chi connectivity index (χ4v) is 0.730. The molecule has 0 aromatic rings. The molecule has 74 valence electrons. The van der Waals surface area contributed by atoms with E-state index in [4.69, 9.17) is 10.5 Å². The third kappa shape index (κ3) is 2.75. The number of rotatable bonds is 2. The van der Waals surface area contributed by atoms with Crippen molar-refractivity contribution in [2.45, 2.75) is 18.9 Å². The summed E-state index contributed by atoms with van der Waals surface area (Å²) < 4.78 is 0. The molecule has 0 atom stereocenters. The van der Waals surface area contributed by atoms with Crippen LogP contribution in [0.15, 0.2) is 5.16 Å². The lowest BCUT2D eigenvalue weighted by atomic mass is 10.4. The number of imide groups is 1. The lowest BCUT2D eigenvalue weighted by Crippen LogP contribution is -2.43. The van der Waals surface area contributed by atoms with Crippen LogP contribution in [0, 0.1) is 11.3 Å². The summed E-state index contributed by atoms with van der Waals surface area (Å²) in [4.78, 5) is 21.9. The normalized spacial score (nSPS) is 15.5. The fraction of sp³-hybridized carbons (Fsp3) is 0.429. The Morgan fingerprint density at radius 2 is 2.14 bits per heavy atom. The van der Waals surface area contributed by atoms with Gasteiger partial charge in [-0.1, -0.05) is 5.16 Å². The maximum Gasteiger partial charge on any atom is 0.321 e. The SMILES string of the molecule is N#C/C(=N\O)C(=O)NC(=O)NC1CC1. The van der Waals surface area contributed by atoms with Gasteiger partial charge >= 0.3 is 6.03 Å². The van der Waals surface area contributed by atoms with Gasteiger partial charge in [-0.2, -0.15) is 5.26 Å². The molecule has 1 fully saturated rings. The molecule has 0 bridgehead atoms. The summed E-state index contributed by atoms with van der Waals surface area (Å²) in [6, 6.07) is 0.758. The number of carbonyl (C=O) groups excluding carboxylic acids is 2. The van der Waals surface area contributed by atoms with E-state index in [1.54, 1.807) is 0 Å². The lowest BCUT2D eigenvalue weighted by molar-refractivity contribution is -0.113. The molecule has 3 amide bonds. The summed E-state index contributed by atoms with van der Waals surface area (Å²) in [5.41, 5.74) is -0.754. The smallest absolute Gasteiger partial charge is 0.321 e. The lowest BCUT2D eigenvalue weighted by Gasteiger charge is -2.02. The van der Waals surface area contributed by atoms with E-state index in [0.29, 0.717) is 0 Å². The standard InChI is InChI=1S/C7H8N4O3/c8-3-5(11-14)6(12)10-7(13)9-4-1-2-4/h4,14H,1-2H2,(H2,9,10,12,13)/b11-5+. The van der Waals surface area contributed by atoms with Crippen molar-refractivity contribution in [2.75, 3.05) is 0 Å². The Balaban J connectivity index is 2.39. The van der Waals surface area contributed by atoms with Crippen LogP contribution in [0.1, 0.15) is 12.8 Å². The molecule has 0 radical (unpaired) electrons. The Hall–Kier alpha value is -2.10. The van der Waals surface area contributed by atoms with Crippen LogP contribution in [0.2, 0.25) is 0 Å². The van der Waals surface area contributed by atoms with Crippen molar-refractivity contribution in [2.24, 2.45) is 5.16 Å². The average Bonchev–Trinajstić information content (AvgIpc) is 2.90. The highest BCUT2D eigenvalue weighted by Gasteiger charge is 2.24. The summed E-state index contributed by atoms with van der Waals surface area (Å²) in [5.74, 6) is -1.02. The van der Waals surface area contributed by atoms with Gasteiger partial charge in [-0.25, -0.2) is 4.79 Å². The first-order chi connectivity index (χ1) is 6.67. The quantitative estimate of drug-likeness (QED) is 0.308. The topological polar surface area (TPSA) is 115 Å². The molecule has 3 N–H and O–H groups in total. The molecule has 1 aliphatic carbocycles. The largest absolute Gasteiger partial charge is 0.410 e. The average molecular weight is 196 g/mol. The zero-order valence-electron chi connectivity index (χ0n) is 7.15. The van der Waals surface area contributed by atoms with Gasteiger partial charge in [0, 0.05) is 6.04 Å². The Bertz CT molecular complexity index is 326. The van der Waals surface area contributed by atoms with E-state index in [1.807, 2.05) is 5.32 Å². The van der Waals surface area contributed by atoms with Gasteiger partial charge in [0.1, 0.15) is 6.07 Å². The van der Waals surface area contributed by atoms with Crippen molar-refractivity contribution in [3.8, 4) is 6.07 Å². The van der Waals surface area contributed by atoms with Crippen molar-refractivity contribution in [3.63, 3.8) is 0 Å². The first kappa shape index (κ1) is 9.98. The number of carbonyl (C=O) groups is 2. The van der Waals surface area contributed by atoms with Crippen LogP contribution in [0.4, 0.5) is 4.79 Å². The maximum atomic E-state index is 11.0. The number of oxime groups is 1. The molecule has 14 heavy (non-hydrogen) atoms. The molecule has 0 aromatic carbocycles. The summed E-state index contributed by atoms with van der Waals surface area (Å²) >= 11 is 0. The second-order valence-electron chi connectivity index (χ2n) is 2.76. The highest BCUT2D eigenvalue weighted by molar-refractivity contribution is 6.46. The highest BCUT2D eigenvalue weighted by atomic mass is 16.4. The van der Waals surface area contributed by atoms with E-state index in [1.165, 1.54) is 6.07 Å². The van der Waals surface area contributed by atoms with E-state index in [9.17, 15) is 9.59 Å². The first-order valence-corrected chi connectivity index (χ1v) is 3.91. The number of hydrogen-bond acceptors (Lipinski definition) is 5. The van der Waals surface area contributed by atoms with Gasteiger partial charge < -0.3 is 10.5 Å². The van der Waals surface area contributed by atoms with Gasteiger partial charge in [0.05, 0.1) is 0 Å². The third-order valence-electron chi connectivity index (χ3n) is 1.56. The van der Waals surface area contributed by atoms with Gasteiger partial charge in [-0.15, -0.1) is 0 Å². The van der Waals surface area contributed by atoms with Crippen LogP contribution < -0.4 is 10.6 Å². The van der Waals surface area contributed by atoms with Gasteiger partial charge in [0.25, 0.3) is 5.91 Å². The predicted octanol–water partition coefficient (Wildman–Crippen LogP) is -0.672. The predicted molar refractivity (Wildman–Crippen MR) is 44.5 cm³/mol. The van der Waals surface area contributed by atoms with Crippen LogP contribution in [0.5, 0.6) is 0 Å². The monoisotopic (exact) mass is 196 g/mol. The summed E-state index contributed by atoms with van der Waals surface area (Å²) in [5, 5.41) is 23.2. The molecule has 1 saturated carbocycles. The highest BCUT2D eigenvalue weighted by Crippen LogP contribution is 2.18. The molecule has 7 nitrogen and oxygen atoms in total. The Morgan fingerprint density at radius 1 is 1.50 bits per heavy atom. The molecular formula is C7H8N4O3. The minimum atomic E-state index is -1.02. The number of hydrogen-bond donors (Lipinski definition) is 3. The van der Waals surface area contributed by atoms with Crippen LogP contribution in [-0.2, 0) is 4.79 Å². The second-order valence-corrected chi connectivity index (χ2v) is 2.76. The second kappa shape index (κ2) is 4.23. The Labute approximate surface area is 79.4 Å². The number of nitrogens with zero attached hydrogens (tertiary/aromatic N) is 2. The molecule has 0 unspecified atom stereocenters. The number of nitrogens with one attached hydrogen (secondary N) is 2. The molecular weight excluding hydrogens is 188 g/mol. The molecule has 0 saturated heterocycles. The maximum absolute atomic E-state index is 11.0. The molecule has 0 aromatic heterocycles. The molecule has 1 aliphatic rings. The summed E-state index contributed by atoms with van der Waals surface area (Å²) in [6.07, 6.45) is 1.78. The van der Waals surface area contributed by atoms with E-state index >= 15 is 0 Å². The molecule has 0 heterocycles. The van der Waals surface area contributed by atoms with Crippen molar-refractivity contribution in [1.82, 2.24) is 10.6 Å². The van der Waals surface area contributed by atoms with Crippen molar-refractivity contribution < 1.29 is 14.8 Å². The van der Waals surface area contributed by atoms with E-state index in [2.05, 4.69) is 10.5 Å². The van der Waals surface area contributed by atoms with Gasteiger partial charge in [-0.05, 0) is 12.8 Å². The molecule has 1 rings (SSSR count). The Kier molecular flexibility index (Phi) is 3.01. The number of nitriles is 1. The first-order valence-electron chi connectivity index (χ1n) is 3.91. The van der Waals surface area contributed by atoms with Gasteiger partial charge in [-0.3, -0.25) is 10.1 Å². The van der Waals surface area contributed by atoms with Gasteiger partial charge in [0.15, 0.2) is 0 Å². The number of amides is 3. The minimum absolute atomic E-state index is 0.111. The van der Waals surface area contributed by atoms with Gasteiger partial charge in [0.2, 0.25) is 5.71 Å². The van der Waals surface area contributed by atoms with E-state index in [-0.39, 0.29) is 6.04 Å². The van der Waals surface area contributed by atoms with Crippen LogP contribution in [0.3, 0.4) is 0 Å². The molecule has 7 heteroatoms. The third-order valence-corrected chi connectivity index (χ3v) is 1.56. The fourth-order valence-electron chi connectivity index (χ4n) is 0.730. The van der Waals surface area contributed by atoms with Crippen LogP contribution in [-0.4, -0.2) is 28.9 Å². The molecule has 0 spiro atoms. The Morgan fingerprint density at radius 3 is 2.57 bits per heavy atom. The van der Waals surface area contributed by atoms with Crippen molar-refractivity contribution >= 4 is 17.6 Å². The minimum Gasteiger partial charge on any atom is -0.410 e. The van der Waals surface area contributed by atoms with Crippen molar-refractivity contribution in [3.05, 3.63) is 0 Å². The molecule has 0 aliphatic heterocycles.